The van der Waals surface area contributed by atoms with Gasteiger partial charge in [0, 0.05) is 18.5 Å². The van der Waals surface area contributed by atoms with Gasteiger partial charge in [0.2, 0.25) is 10.0 Å². The second kappa shape index (κ2) is 5.78. The highest BCUT2D eigenvalue weighted by molar-refractivity contribution is 7.89. The molecule has 1 atom stereocenters. The number of hydrogen-bond donors (Lipinski definition) is 3. The minimum Gasteiger partial charge on any atom is -0.396 e. The van der Waals surface area contributed by atoms with E-state index in [4.69, 9.17) is 5.73 Å². The number of hydrogen-bond acceptors (Lipinski definition) is 4. The first kappa shape index (κ1) is 15.4. The number of nitrogens with two attached hydrogens (primary N) is 1. The summed E-state index contributed by atoms with van der Waals surface area (Å²) in [7, 11) is -4.20. The lowest BCUT2D eigenvalue weighted by molar-refractivity contribution is 0.522. The zero-order valence-electron chi connectivity index (χ0n) is 11.1. The highest BCUT2D eigenvalue weighted by Gasteiger charge is 2.25. The molecule has 1 heterocycles. The van der Waals surface area contributed by atoms with Crippen LogP contribution in [-0.4, -0.2) is 18.4 Å². The number of H-pyrrole nitrogens is 1. The second-order valence-electron chi connectivity index (χ2n) is 4.36. The average Bonchev–Trinajstić information content (AvgIpc) is 2.94. The Balaban J connectivity index is 2.36. The number of benzene rings is 1. The monoisotopic (exact) mass is 316 g/mol. The maximum absolute atomic E-state index is 13.7. The number of nitrogens with zero attached hydrogens (tertiary/aromatic N) is 1. The highest BCUT2D eigenvalue weighted by Crippen LogP contribution is 2.23. The number of anilines is 1. The third kappa shape index (κ3) is 3.19. The van der Waals surface area contributed by atoms with E-state index < -0.39 is 38.3 Å². The average molecular weight is 316 g/mol. The molecule has 0 aliphatic heterocycles. The predicted octanol–water partition coefficient (Wildman–Crippen LogP) is 1.70. The van der Waals surface area contributed by atoms with Crippen LogP contribution >= 0.6 is 0 Å². The van der Waals surface area contributed by atoms with Crippen LogP contribution in [0.25, 0.3) is 0 Å². The van der Waals surface area contributed by atoms with E-state index in [-0.39, 0.29) is 0 Å². The molecule has 0 aliphatic carbocycles. The normalized spacial score (nSPS) is 13.3. The van der Waals surface area contributed by atoms with Crippen LogP contribution in [0.3, 0.4) is 0 Å². The van der Waals surface area contributed by atoms with Crippen LogP contribution in [0.2, 0.25) is 0 Å². The molecule has 114 valence electrons. The molecule has 2 rings (SSSR count). The van der Waals surface area contributed by atoms with Crippen molar-refractivity contribution in [3.8, 4) is 0 Å². The lowest BCUT2D eigenvalue weighted by Crippen LogP contribution is -2.29. The number of aromatic amines is 1. The van der Waals surface area contributed by atoms with Crippen molar-refractivity contribution in [3.63, 3.8) is 0 Å². The Morgan fingerprint density at radius 2 is 2.10 bits per heavy atom. The summed E-state index contributed by atoms with van der Waals surface area (Å²) >= 11 is 0. The van der Waals surface area contributed by atoms with Gasteiger partial charge in [0.25, 0.3) is 0 Å². The molecule has 1 aromatic heterocycles. The van der Waals surface area contributed by atoms with Gasteiger partial charge in [0.1, 0.15) is 22.4 Å². The Kier molecular flexibility index (Phi) is 4.24. The number of rotatable bonds is 5. The molecular weight excluding hydrogens is 302 g/mol. The molecule has 9 heteroatoms. The number of nitrogen functional groups attached to an aromatic ring is 1. The summed E-state index contributed by atoms with van der Waals surface area (Å²) in [6.45, 7) is 1.74. The van der Waals surface area contributed by atoms with Crippen LogP contribution in [0.1, 0.15) is 25.2 Å². The van der Waals surface area contributed by atoms with Crippen molar-refractivity contribution in [1.29, 1.82) is 0 Å². The molecule has 0 amide bonds. The lowest BCUT2D eigenvalue weighted by Gasteiger charge is -2.15. The summed E-state index contributed by atoms with van der Waals surface area (Å²) in [6, 6.07) is 0.537. The van der Waals surface area contributed by atoms with Crippen molar-refractivity contribution in [1.82, 2.24) is 14.7 Å². The van der Waals surface area contributed by atoms with Crippen LogP contribution in [-0.2, 0) is 10.0 Å². The van der Waals surface area contributed by atoms with E-state index in [1.807, 2.05) is 0 Å². The molecule has 21 heavy (non-hydrogen) atoms. The molecule has 0 radical (unpaired) electrons. The predicted molar refractivity (Wildman–Crippen MR) is 72.7 cm³/mol. The van der Waals surface area contributed by atoms with Crippen LogP contribution in [0.15, 0.2) is 29.4 Å². The van der Waals surface area contributed by atoms with Crippen molar-refractivity contribution in [3.05, 3.63) is 42.0 Å². The zero-order chi connectivity index (χ0) is 15.6. The van der Waals surface area contributed by atoms with Gasteiger partial charge in [-0.05, 0) is 12.5 Å². The van der Waals surface area contributed by atoms with Crippen molar-refractivity contribution in [2.45, 2.75) is 24.3 Å². The molecule has 0 bridgehead atoms. The van der Waals surface area contributed by atoms with Crippen LogP contribution in [0.5, 0.6) is 0 Å². The minimum atomic E-state index is -4.20. The number of imidazole rings is 1. The molecule has 0 saturated heterocycles. The number of sulfonamides is 1. The van der Waals surface area contributed by atoms with Crippen LogP contribution in [0.4, 0.5) is 14.5 Å². The molecule has 1 unspecified atom stereocenters. The third-order valence-electron chi connectivity index (χ3n) is 2.90. The quantitative estimate of drug-likeness (QED) is 0.731. The molecular formula is C12H14F2N4O2S. The van der Waals surface area contributed by atoms with E-state index in [2.05, 4.69) is 14.7 Å². The van der Waals surface area contributed by atoms with Gasteiger partial charge in [-0.1, -0.05) is 6.92 Å². The van der Waals surface area contributed by atoms with Crippen molar-refractivity contribution < 1.29 is 17.2 Å². The van der Waals surface area contributed by atoms with Crippen LogP contribution < -0.4 is 10.5 Å². The summed E-state index contributed by atoms with van der Waals surface area (Å²) in [5.74, 6) is -1.82. The summed E-state index contributed by atoms with van der Waals surface area (Å²) in [6.07, 6.45) is 3.41. The number of aromatic nitrogens is 2. The fraction of sp³-hybridized carbons (Fsp3) is 0.250. The van der Waals surface area contributed by atoms with E-state index in [1.165, 1.54) is 6.20 Å². The van der Waals surface area contributed by atoms with Gasteiger partial charge in [-0.2, -0.15) is 0 Å². The van der Waals surface area contributed by atoms with Gasteiger partial charge in [0.05, 0.1) is 11.7 Å². The fourth-order valence-electron chi connectivity index (χ4n) is 1.80. The maximum atomic E-state index is 13.7. The van der Waals surface area contributed by atoms with Crippen LogP contribution in [0, 0.1) is 11.6 Å². The maximum Gasteiger partial charge on any atom is 0.244 e. The zero-order valence-corrected chi connectivity index (χ0v) is 11.9. The summed E-state index contributed by atoms with van der Waals surface area (Å²) < 4.78 is 53.5. The second-order valence-corrected chi connectivity index (χ2v) is 6.04. The van der Waals surface area contributed by atoms with E-state index in [1.54, 1.807) is 13.1 Å². The first-order valence-corrected chi connectivity index (χ1v) is 7.59. The Morgan fingerprint density at radius 1 is 1.38 bits per heavy atom. The summed E-state index contributed by atoms with van der Waals surface area (Å²) in [5.41, 5.74) is 4.85. The molecule has 4 N–H and O–H groups in total. The standard InChI is InChI=1S/C12H14F2N4O2S/c1-2-10(12-16-3-4-17-12)18-21(19,20)11-6-9(15)7(13)5-8(11)14/h3-6,10,18H,2,15H2,1H3,(H,16,17). The summed E-state index contributed by atoms with van der Waals surface area (Å²) in [5, 5.41) is 0. The van der Waals surface area contributed by atoms with E-state index in [0.29, 0.717) is 18.3 Å². The molecule has 6 nitrogen and oxygen atoms in total. The number of halogens is 2. The molecule has 2 aromatic rings. The van der Waals surface area contributed by atoms with E-state index >= 15 is 0 Å². The lowest BCUT2D eigenvalue weighted by atomic mass is 10.2. The molecule has 0 saturated carbocycles. The van der Waals surface area contributed by atoms with Crippen molar-refractivity contribution in [2.75, 3.05) is 5.73 Å². The van der Waals surface area contributed by atoms with Gasteiger partial charge in [-0.15, -0.1) is 0 Å². The molecule has 0 aliphatic rings. The largest absolute Gasteiger partial charge is 0.396 e. The Labute approximate surface area is 120 Å². The van der Waals surface area contributed by atoms with Gasteiger partial charge in [0.15, 0.2) is 0 Å². The Bertz CT molecular complexity index is 732. The molecule has 1 aromatic carbocycles. The Morgan fingerprint density at radius 3 is 2.67 bits per heavy atom. The third-order valence-corrected chi connectivity index (χ3v) is 4.38. The molecule has 0 spiro atoms. The van der Waals surface area contributed by atoms with Crippen molar-refractivity contribution >= 4 is 15.7 Å². The highest BCUT2D eigenvalue weighted by atomic mass is 32.2. The van der Waals surface area contributed by atoms with Gasteiger partial charge in [-0.3, -0.25) is 0 Å². The topological polar surface area (TPSA) is 101 Å². The summed E-state index contributed by atoms with van der Waals surface area (Å²) in [4.78, 5) is 6.04. The first-order valence-electron chi connectivity index (χ1n) is 6.11. The van der Waals surface area contributed by atoms with Gasteiger partial charge in [-0.25, -0.2) is 26.9 Å². The first-order chi connectivity index (χ1) is 9.85. The SMILES string of the molecule is CCC(NS(=O)(=O)c1cc(N)c(F)cc1F)c1ncc[nH]1. The van der Waals surface area contributed by atoms with Gasteiger partial charge >= 0.3 is 0 Å². The van der Waals surface area contributed by atoms with Gasteiger partial charge < -0.3 is 10.7 Å². The smallest absolute Gasteiger partial charge is 0.244 e. The minimum absolute atomic E-state index is 0.394. The van der Waals surface area contributed by atoms with Crippen molar-refractivity contribution in [2.24, 2.45) is 0 Å². The molecule has 0 fully saturated rings. The van der Waals surface area contributed by atoms with E-state index in [0.717, 1.165) is 6.07 Å². The Hall–Kier alpha value is -2.00. The fourth-order valence-corrected chi connectivity index (χ4v) is 3.18. The van der Waals surface area contributed by atoms with E-state index in [9.17, 15) is 17.2 Å². The number of nitrogens with one attached hydrogen (secondary N) is 2.